The summed E-state index contributed by atoms with van der Waals surface area (Å²) >= 11 is 0. The summed E-state index contributed by atoms with van der Waals surface area (Å²) in [5.41, 5.74) is 11.8. The van der Waals surface area contributed by atoms with E-state index in [4.69, 9.17) is 14.7 Å². The second-order valence-electron chi connectivity index (χ2n) is 13.1. The van der Waals surface area contributed by atoms with Crippen LogP contribution in [0.2, 0.25) is 0 Å². The molecule has 5 nitrogen and oxygen atoms in total. The first-order valence-electron chi connectivity index (χ1n) is 17.5. The largest absolute Gasteiger partial charge is 0.457 e. The minimum Gasteiger partial charge on any atom is -0.457 e. The van der Waals surface area contributed by atoms with Crippen molar-refractivity contribution >= 4 is 43.7 Å². The Balaban J connectivity index is 1.09. The zero-order valence-electron chi connectivity index (χ0n) is 28.4. The van der Waals surface area contributed by atoms with Gasteiger partial charge in [0.2, 0.25) is 0 Å². The molecule has 0 unspecified atom stereocenters. The van der Waals surface area contributed by atoms with Gasteiger partial charge in [0, 0.05) is 51.3 Å². The maximum atomic E-state index is 6.56. The van der Waals surface area contributed by atoms with E-state index < -0.39 is 0 Å². The molecule has 0 saturated carbocycles. The van der Waals surface area contributed by atoms with Crippen LogP contribution in [0.4, 0.5) is 0 Å². The maximum Gasteiger partial charge on any atom is 0.145 e. The lowest BCUT2D eigenvalue weighted by atomic mass is 9.99. The minimum absolute atomic E-state index is 0.738. The molecule has 4 heterocycles. The van der Waals surface area contributed by atoms with Gasteiger partial charge in [-0.2, -0.15) is 0 Å². The first-order valence-corrected chi connectivity index (χ1v) is 17.5. The van der Waals surface area contributed by atoms with Crippen LogP contribution in [0.1, 0.15) is 5.56 Å². The van der Waals surface area contributed by atoms with Gasteiger partial charge in [0.25, 0.3) is 0 Å². The van der Waals surface area contributed by atoms with Crippen LogP contribution < -0.4 is 4.74 Å². The minimum atomic E-state index is 0.738. The van der Waals surface area contributed by atoms with Gasteiger partial charge in [-0.05, 0) is 90.3 Å². The second-order valence-corrected chi connectivity index (χ2v) is 13.1. The number of rotatable bonds is 6. The summed E-state index contributed by atoms with van der Waals surface area (Å²) in [5.74, 6) is 1.48. The van der Waals surface area contributed by atoms with E-state index >= 15 is 0 Å². The van der Waals surface area contributed by atoms with Gasteiger partial charge >= 0.3 is 0 Å². The smallest absolute Gasteiger partial charge is 0.145 e. The number of aromatic nitrogens is 4. The van der Waals surface area contributed by atoms with E-state index in [0.717, 1.165) is 56.2 Å². The Bertz CT molecular complexity index is 2940. The van der Waals surface area contributed by atoms with Crippen LogP contribution >= 0.6 is 0 Å². The highest BCUT2D eigenvalue weighted by atomic mass is 16.5. The summed E-state index contributed by atoms with van der Waals surface area (Å²) in [6, 6.07) is 57.0. The number of aryl methyl sites for hydroxylation is 1. The molecule has 0 N–H and O–H groups in total. The Hall–Kier alpha value is -6.98. The molecule has 246 valence electrons. The highest BCUT2D eigenvalue weighted by molar-refractivity contribution is 6.25. The monoisotopic (exact) mass is 668 g/mol. The van der Waals surface area contributed by atoms with Gasteiger partial charge in [0.15, 0.2) is 0 Å². The third-order valence-electron chi connectivity index (χ3n) is 9.97. The zero-order chi connectivity index (χ0) is 34.6. The average Bonchev–Trinajstić information content (AvgIpc) is 3.72. The topological polar surface area (TPSA) is 44.9 Å². The molecule has 0 spiro atoms. The molecule has 0 fully saturated rings. The fourth-order valence-corrected chi connectivity index (χ4v) is 7.64. The Morgan fingerprint density at radius 2 is 1.21 bits per heavy atom. The fourth-order valence-electron chi connectivity index (χ4n) is 7.64. The van der Waals surface area contributed by atoms with Crippen LogP contribution in [-0.4, -0.2) is 19.1 Å². The van der Waals surface area contributed by atoms with E-state index in [1.807, 2.05) is 48.8 Å². The molecule has 0 bridgehead atoms. The van der Waals surface area contributed by atoms with Gasteiger partial charge in [-0.3, -0.25) is 9.55 Å². The summed E-state index contributed by atoms with van der Waals surface area (Å²) in [6.07, 6.45) is 3.82. The number of nitrogens with zero attached hydrogens (tertiary/aromatic N) is 4. The summed E-state index contributed by atoms with van der Waals surface area (Å²) in [4.78, 5) is 9.74. The van der Waals surface area contributed by atoms with Crippen molar-refractivity contribution in [3.8, 4) is 45.3 Å². The van der Waals surface area contributed by atoms with Gasteiger partial charge in [0.1, 0.15) is 17.1 Å². The normalized spacial score (nSPS) is 11.6. The van der Waals surface area contributed by atoms with E-state index in [2.05, 4.69) is 143 Å². The van der Waals surface area contributed by atoms with Crippen molar-refractivity contribution in [1.29, 1.82) is 0 Å². The fraction of sp³-hybridized carbons (Fsp3) is 0.0213. The lowest BCUT2D eigenvalue weighted by Gasteiger charge is -2.12. The average molecular weight is 669 g/mol. The Labute approximate surface area is 300 Å². The van der Waals surface area contributed by atoms with Gasteiger partial charge < -0.3 is 9.30 Å². The summed E-state index contributed by atoms with van der Waals surface area (Å²) < 4.78 is 11.2. The van der Waals surface area contributed by atoms with E-state index in [-0.39, 0.29) is 0 Å². The molecule has 0 aliphatic rings. The third-order valence-corrected chi connectivity index (χ3v) is 9.97. The van der Waals surface area contributed by atoms with Crippen molar-refractivity contribution in [2.75, 3.05) is 0 Å². The van der Waals surface area contributed by atoms with Crippen LogP contribution in [0.5, 0.6) is 11.5 Å². The summed E-state index contributed by atoms with van der Waals surface area (Å²) in [7, 11) is 0. The van der Waals surface area contributed by atoms with Crippen LogP contribution in [0.15, 0.2) is 176 Å². The molecule has 0 amide bonds. The van der Waals surface area contributed by atoms with Crippen LogP contribution in [0.3, 0.4) is 0 Å². The van der Waals surface area contributed by atoms with Crippen LogP contribution in [0, 0.1) is 6.92 Å². The molecular formula is C47H32N4O. The lowest BCUT2D eigenvalue weighted by Crippen LogP contribution is -1.96. The van der Waals surface area contributed by atoms with Crippen molar-refractivity contribution in [3.63, 3.8) is 0 Å². The van der Waals surface area contributed by atoms with E-state index in [0.29, 0.717) is 0 Å². The van der Waals surface area contributed by atoms with E-state index in [9.17, 15) is 0 Å². The number of pyridine rings is 2. The lowest BCUT2D eigenvalue weighted by molar-refractivity contribution is 0.482. The number of ether oxygens (including phenoxy) is 1. The predicted molar refractivity (Wildman–Crippen MR) is 213 cm³/mol. The number of fused-ring (bicyclic) bond motifs is 7. The molecule has 52 heavy (non-hydrogen) atoms. The standard InChI is InChI=1S/C47H32N4O/c1-31-30-49-42(29-41(31)32-13-4-2-5-14-32)33-15-10-19-36(27-33)52-37-20-11-18-35(28-37)51-44-25-24-39-38-21-8-9-23-43(38)50(34-16-6-3-7-17-34)46(39)45(44)40-22-12-26-48-47(40)51/h2-30H,1H3. The SMILES string of the molecule is Cc1cnc(-c2cccc(Oc3cccc(-n4c5ccc6c7ccccc7n(-c7ccccc7)c6c5c5cccnc54)c3)c2)cc1-c1ccccc1. The Kier molecular flexibility index (Phi) is 6.96. The zero-order valence-corrected chi connectivity index (χ0v) is 28.4. The molecule has 0 aliphatic carbocycles. The highest BCUT2D eigenvalue weighted by Gasteiger charge is 2.21. The second kappa shape index (κ2) is 12.1. The molecule has 0 aliphatic heterocycles. The first kappa shape index (κ1) is 29.9. The quantitative estimate of drug-likeness (QED) is 0.177. The maximum absolute atomic E-state index is 6.56. The molecule has 0 atom stereocenters. The van der Waals surface area contributed by atoms with Gasteiger partial charge in [-0.25, -0.2) is 4.98 Å². The van der Waals surface area contributed by atoms with E-state index in [1.165, 1.54) is 38.3 Å². The Morgan fingerprint density at radius 1 is 0.500 bits per heavy atom. The number of hydrogen-bond donors (Lipinski definition) is 0. The molecule has 0 radical (unpaired) electrons. The Morgan fingerprint density at radius 3 is 2.08 bits per heavy atom. The van der Waals surface area contributed by atoms with Gasteiger partial charge in [0.05, 0.1) is 27.9 Å². The van der Waals surface area contributed by atoms with Crippen molar-refractivity contribution in [2.24, 2.45) is 0 Å². The van der Waals surface area contributed by atoms with Crippen molar-refractivity contribution < 1.29 is 4.74 Å². The molecule has 4 aromatic heterocycles. The summed E-state index contributed by atoms with van der Waals surface area (Å²) in [6.45, 7) is 2.10. The van der Waals surface area contributed by atoms with Gasteiger partial charge in [-0.1, -0.05) is 91.0 Å². The molecule has 5 heteroatoms. The first-order chi connectivity index (χ1) is 25.7. The molecule has 10 rings (SSSR count). The molecular weight excluding hydrogens is 637 g/mol. The van der Waals surface area contributed by atoms with Crippen molar-refractivity contribution in [2.45, 2.75) is 6.92 Å². The third kappa shape index (κ3) is 4.86. The van der Waals surface area contributed by atoms with Crippen LogP contribution in [-0.2, 0) is 0 Å². The van der Waals surface area contributed by atoms with Crippen molar-refractivity contribution in [1.82, 2.24) is 19.1 Å². The van der Waals surface area contributed by atoms with Crippen molar-refractivity contribution in [3.05, 3.63) is 182 Å². The number of benzene rings is 6. The summed E-state index contributed by atoms with van der Waals surface area (Å²) in [5, 5.41) is 4.70. The highest BCUT2D eigenvalue weighted by Crippen LogP contribution is 2.42. The van der Waals surface area contributed by atoms with Crippen LogP contribution in [0.25, 0.3) is 77.5 Å². The number of para-hydroxylation sites is 2. The number of hydrogen-bond acceptors (Lipinski definition) is 3. The van der Waals surface area contributed by atoms with E-state index in [1.54, 1.807) is 0 Å². The van der Waals surface area contributed by atoms with Gasteiger partial charge in [-0.15, -0.1) is 0 Å². The molecule has 0 saturated heterocycles. The molecule has 10 aromatic rings. The predicted octanol–water partition coefficient (Wildman–Crippen LogP) is 12.1. The molecule has 6 aromatic carbocycles.